The molecule has 1 heterocycles. The molecule has 0 aromatic carbocycles. The number of carboxylic acid groups (broad SMARTS) is 1. The summed E-state index contributed by atoms with van der Waals surface area (Å²) in [5, 5.41) is 9.25. The van der Waals surface area contributed by atoms with E-state index in [-0.39, 0.29) is 19.5 Å². The van der Waals surface area contributed by atoms with Gasteiger partial charge in [-0.1, -0.05) is 0 Å². The molecular formula is C7H8F3NO4. The SMILES string of the molecule is O=C(O)C1CCN(OC(=O)C(F)(F)F)C1. The molecule has 15 heavy (non-hydrogen) atoms. The molecular weight excluding hydrogens is 219 g/mol. The van der Waals surface area contributed by atoms with Gasteiger partial charge in [-0.25, -0.2) is 4.79 Å². The topological polar surface area (TPSA) is 66.8 Å². The molecule has 0 aromatic heterocycles. The Morgan fingerprint density at radius 3 is 2.40 bits per heavy atom. The molecule has 1 atom stereocenters. The van der Waals surface area contributed by atoms with Gasteiger partial charge in [0.05, 0.1) is 5.92 Å². The lowest BCUT2D eigenvalue weighted by molar-refractivity contribution is -0.235. The summed E-state index contributed by atoms with van der Waals surface area (Å²) in [5.74, 6) is -4.22. The first-order valence-corrected chi connectivity index (χ1v) is 4.07. The number of carbonyl (C=O) groups is 2. The van der Waals surface area contributed by atoms with Gasteiger partial charge in [-0.15, -0.1) is 5.06 Å². The molecule has 0 amide bonds. The molecule has 8 heteroatoms. The van der Waals surface area contributed by atoms with Gasteiger partial charge < -0.3 is 9.94 Å². The molecule has 1 unspecified atom stereocenters. The van der Waals surface area contributed by atoms with Crippen molar-refractivity contribution >= 4 is 11.9 Å². The van der Waals surface area contributed by atoms with Crippen LogP contribution in [-0.2, 0) is 14.4 Å². The summed E-state index contributed by atoms with van der Waals surface area (Å²) in [6.07, 6.45) is -4.89. The van der Waals surface area contributed by atoms with Gasteiger partial charge in [0.15, 0.2) is 0 Å². The van der Waals surface area contributed by atoms with E-state index >= 15 is 0 Å². The highest BCUT2D eigenvalue weighted by Crippen LogP contribution is 2.21. The van der Waals surface area contributed by atoms with Crippen molar-refractivity contribution in [1.82, 2.24) is 5.06 Å². The Hall–Kier alpha value is -1.31. The van der Waals surface area contributed by atoms with Crippen LogP contribution in [-0.4, -0.2) is 41.4 Å². The molecule has 1 aliphatic heterocycles. The quantitative estimate of drug-likeness (QED) is 0.740. The van der Waals surface area contributed by atoms with Crippen LogP contribution in [0.25, 0.3) is 0 Å². The molecule has 0 saturated carbocycles. The number of halogens is 3. The second-order valence-corrected chi connectivity index (χ2v) is 3.09. The molecule has 0 radical (unpaired) electrons. The van der Waals surface area contributed by atoms with Gasteiger partial charge in [0.2, 0.25) is 0 Å². The van der Waals surface area contributed by atoms with Crippen molar-refractivity contribution in [2.75, 3.05) is 13.1 Å². The Morgan fingerprint density at radius 2 is 2.00 bits per heavy atom. The van der Waals surface area contributed by atoms with E-state index in [2.05, 4.69) is 4.84 Å². The molecule has 1 aliphatic rings. The van der Waals surface area contributed by atoms with E-state index in [0.29, 0.717) is 5.06 Å². The predicted octanol–water partition coefficient (Wildman–Crippen LogP) is 0.413. The van der Waals surface area contributed by atoms with Gasteiger partial charge in [0, 0.05) is 13.1 Å². The molecule has 5 nitrogen and oxygen atoms in total. The van der Waals surface area contributed by atoms with Gasteiger partial charge in [0.1, 0.15) is 0 Å². The Labute approximate surface area is 82.4 Å². The smallest absolute Gasteiger partial charge is 0.481 e. The number of alkyl halides is 3. The van der Waals surface area contributed by atoms with Crippen molar-refractivity contribution in [3.63, 3.8) is 0 Å². The minimum absolute atomic E-state index is 0.00120. The van der Waals surface area contributed by atoms with Crippen molar-refractivity contribution in [3.8, 4) is 0 Å². The van der Waals surface area contributed by atoms with E-state index in [0.717, 1.165) is 0 Å². The summed E-state index contributed by atoms with van der Waals surface area (Å²) >= 11 is 0. The minimum Gasteiger partial charge on any atom is -0.481 e. The van der Waals surface area contributed by atoms with Gasteiger partial charge in [0.25, 0.3) is 0 Å². The third-order valence-corrected chi connectivity index (χ3v) is 1.94. The van der Waals surface area contributed by atoms with E-state index in [9.17, 15) is 22.8 Å². The van der Waals surface area contributed by atoms with Crippen LogP contribution in [0.2, 0.25) is 0 Å². The normalized spacial score (nSPS) is 22.7. The van der Waals surface area contributed by atoms with E-state index in [4.69, 9.17) is 5.11 Å². The largest absolute Gasteiger partial charge is 0.492 e. The molecule has 0 aliphatic carbocycles. The summed E-state index contributed by atoms with van der Waals surface area (Å²) in [6.45, 7) is -0.212. The Kier molecular flexibility index (Phi) is 3.18. The van der Waals surface area contributed by atoms with Gasteiger partial charge >= 0.3 is 18.1 Å². The predicted molar refractivity (Wildman–Crippen MR) is 39.5 cm³/mol. The zero-order chi connectivity index (χ0) is 11.6. The minimum atomic E-state index is -5.05. The molecule has 0 aromatic rings. The fraction of sp³-hybridized carbons (Fsp3) is 0.714. The first-order valence-electron chi connectivity index (χ1n) is 4.07. The highest BCUT2D eigenvalue weighted by Gasteiger charge is 2.43. The van der Waals surface area contributed by atoms with Crippen LogP contribution in [0.3, 0.4) is 0 Å². The van der Waals surface area contributed by atoms with E-state index in [1.807, 2.05) is 0 Å². The lowest BCUT2D eigenvalue weighted by atomic mass is 10.1. The number of aliphatic carboxylic acids is 1. The summed E-state index contributed by atoms with van der Waals surface area (Å²) in [6, 6.07) is 0. The summed E-state index contributed by atoms with van der Waals surface area (Å²) in [4.78, 5) is 24.8. The zero-order valence-corrected chi connectivity index (χ0v) is 7.45. The molecule has 1 rings (SSSR count). The van der Waals surface area contributed by atoms with E-state index < -0.39 is 24.0 Å². The van der Waals surface area contributed by atoms with Gasteiger partial charge in [-0.05, 0) is 6.42 Å². The van der Waals surface area contributed by atoms with Crippen molar-refractivity contribution in [3.05, 3.63) is 0 Å². The Balaban J connectivity index is 2.43. The molecule has 1 saturated heterocycles. The number of carbonyl (C=O) groups excluding carboxylic acids is 1. The second-order valence-electron chi connectivity index (χ2n) is 3.09. The van der Waals surface area contributed by atoms with Crippen LogP contribution in [0.1, 0.15) is 6.42 Å². The monoisotopic (exact) mass is 227 g/mol. The number of carboxylic acids is 1. The highest BCUT2D eigenvalue weighted by molar-refractivity contribution is 5.75. The Morgan fingerprint density at radius 1 is 1.40 bits per heavy atom. The van der Waals surface area contributed by atoms with Crippen molar-refractivity contribution in [1.29, 1.82) is 0 Å². The van der Waals surface area contributed by atoms with E-state index in [1.54, 1.807) is 0 Å². The van der Waals surface area contributed by atoms with Crippen molar-refractivity contribution in [2.24, 2.45) is 5.92 Å². The van der Waals surface area contributed by atoms with Gasteiger partial charge in [-0.3, -0.25) is 4.79 Å². The maximum Gasteiger partial charge on any atom is 0.492 e. The van der Waals surface area contributed by atoms with Crippen LogP contribution >= 0.6 is 0 Å². The fourth-order valence-corrected chi connectivity index (χ4v) is 1.18. The highest BCUT2D eigenvalue weighted by atomic mass is 19.4. The van der Waals surface area contributed by atoms with Crippen LogP contribution < -0.4 is 0 Å². The average Bonchev–Trinajstić information content (AvgIpc) is 2.50. The van der Waals surface area contributed by atoms with Crippen LogP contribution in [0, 0.1) is 5.92 Å². The second kappa shape index (κ2) is 4.05. The summed E-state index contributed by atoms with van der Waals surface area (Å²) in [7, 11) is 0. The average molecular weight is 227 g/mol. The lowest BCUT2D eigenvalue weighted by Crippen LogP contribution is -2.34. The van der Waals surface area contributed by atoms with Crippen LogP contribution in [0.4, 0.5) is 13.2 Å². The number of hydrogen-bond acceptors (Lipinski definition) is 4. The Bertz CT molecular complexity index is 278. The summed E-state index contributed by atoms with van der Waals surface area (Å²) < 4.78 is 35.2. The van der Waals surface area contributed by atoms with Crippen molar-refractivity contribution in [2.45, 2.75) is 12.6 Å². The van der Waals surface area contributed by atoms with Crippen LogP contribution in [0.15, 0.2) is 0 Å². The molecule has 0 bridgehead atoms. The third-order valence-electron chi connectivity index (χ3n) is 1.94. The maximum atomic E-state index is 11.7. The fourth-order valence-electron chi connectivity index (χ4n) is 1.18. The number of nitrogens with zero attached hydrogens (tertiary/aromatic N) is 1. The van der Waals surface area contributed by atoms with Crippen molar-refractivity contribution < 1.29 is 32.7 Å². The maximum absolute atomic E-state index is 11.7. The standard InChI is InChI=1S/C7H8F3NO4/c8-7(9,10)6(14)15-11-2-1-4(3-11)5(12)13/h4H,1-3H2,(H,12,13). The molecule has 1 N–H and O–H groups in total. The first kappa shape index (κ1) is 11.8. The number of rotatable bonds is 2. The van der Waals surface area contributed by atoms with Gasteiger partial charge in [-0.2, -0.15) is 13.2 Å². The third kappa shape index (κ3) is 3.08. The van der Waals surface area contributed by atoms with Crippen LogP contribution in [0.5, 0.6) is 0 Å². The molecule has 1 fully saturated rings. The van der Waals surface area contributed by atoms with E-state index in [1.165, 1.54) is 0 Å². The molecule has 0 spiro atoms. The zero-order valence-electron chi connectivity index (χ0n) is 7.45. The number of hydroxylamine groups is 2. The summed E-state index contributed by atoms with van der Waals surface area (Å²) in [5.41, 5.74) is 0. The first-order chi connectivity index (χ1) is 6.80. The lowest BCUT2D eigenvalue weighted by Gasteiger charge is -2.15. The molecule has 86 valence electrons. The number of hydrogen-bond donors (Lipinski definition) is 1.